The lowest BCUT2D eigenvalue weighted by Crippen LogP contribution is -2.30. The molecule has 4 heteroatoms. The van der Waals surface area contributed by atoms with Crippen molar-refractivity contribution < 1.29 is 4.79 Å². The molecule has 0 N–H and O–H groups in total. The number of rotatable bonds is 27. The van der Waals surface area contributed by atoms with Gasteiger partial charge in [-0.05, 0) is 171 Å². The molecular weight excluding hydrogens is 971 g/mol. The van der Waals surface area contributed by atoms with Crippen LogP contribution in [0.1, 0.15) is 207 Å². The van der Waals surface area contributed by atoms with Crippen LogP contribution in [0, 0.1) is 0 Å². The molecule has 77 heavy (non-hydrogen) atoms. The number of anilines is 1. The molecule has 2 aromatic heterocycles. The summed E-state index contributed by atoms with van der Waals surface area (Å²) in [5, 5.41) is 0. The minimum atomic E-state index is -0.634. The lowest BCUT2D eigenvalue weighted by atomic mass is 9.65. The molecule has 0 aliphatic heterocycles. The Balaban J connectivity index is 1.22. The Bertz CT molecular complexity index is 3090. The van der Waals surface area contributed by atoms with Crippen LogP contribution in [0.3, 0.4) is 0 Å². The molecule has 0 bridgehead atoms. The molecule has 8 aromatic rings. The van der Waals surface area contributed by atoms with E-state index in [0.29, 0.717) is 0 Å². The Hall–Kier alpha value is -5.81. The summed E-state index contributed by atoms with van der Waals surface area (Å²) in [7, 11) is 4.24. The highest BCUT2D eigenvalue weighted by atomic mass is 32.1. The van der Waals surface area contributed by atoms with Gasteiger partial charge in [-0.2, -0.15) is 0 Å². The van der Waals surface area contributed by atoms with Crippen LogP contribution in [0.15, 0.2) is 146 Å². The second kappa shape index (κ2) is 24.9. The highest BCUT2D eigenvalue weighted by molar-refractivity contribution is 7.19. The number of nitrogens with zero attached hydrogens (tertiary/aromatic N) is 1. The predicted octanol–water partition coefficient (Wildman–Crippen LogP) is 20.6. The summed E-state index contributed by atoms with van der Waals surface area (Å²) in [6, 6.07) is 58.2. The first-order valence-corrected chi connectivity index (χ1v) is 31.5. The SMILES string of the molecule is CCCCCCc1ccc(C2(c3ccc(CCCCCC)cc3)c3cc4c(cc3-c3sc(C=O)cc32)C(c2ccc(CCCCCC)cc2)(c2ccc(CCCCCC)cc2)c2cc(-c3ccc(N(C)C)cc3)sc2-4)cc1. The third-order valence-corrected chi connectivity index (χ3v) is 19.7. The number of carbonyl (C=O) groups excluding carboxylic acids is 1. The summed E-state index contributed by atoms with van der Waals surface area (Å²) in [5.74, 6) is 0. The van der Waals surface area contributed by atoms with Crippen molar-refractivity contribution in [1.82, 2.24) is 0 Å². The van der Waals surface area contributed by atoms with Gasteiger partial charge in [0.25, 0.3) is 0 Å². The van der Waals surface area contributed by atoms with E-state index in [-0.39, 0.29) is 0 Å². The van der Waals surface area contributed by atoms with Gasteiger partial charge in [0.15, 0.2) is 6.29 Å². The van der Waals surface area contributed by atoms with E-state index in [0.717, 1.165) is 36.8 Å². The van der Waals surface area contributed by atoms with Gasteiger partial charge in [0.2, 0.25) is 0 Å². The standard InChI is InChI=1S/C73H83NOS2/c1-7-11-15-19-23-52-27-37-57(38-28-52)72(58-39-29-53(30-40-58)24-20-16-12-8-2)65-49-64-66(48-63(65)70-67(72)47-62(51-75)76-70)73(59-41-31-54(32-42-59)25-21-17-13-9-3,60-43-33-55(34-44-60)26-22-18-14-10-4)68-50-69(77-71(64)68)56-35-45-61(46-36-56)74(5)6/h27-51H,7-26H2,1-6H3. The molecular formula is C73H83NOS2. The topological polar surface area (TPSA) is 20.3 Å². The van der Waals surface area contributed by atoms with Crippen molar-refractivity contribution in [2.24, 2.45) is 0 Å². The molecule has 0 radical (unpaired) electrons. The van der Waals surface area contributed by atoms with Crippen LogP contribution in [0.2, 0.25) is 0 Å². The van der Waals surface area contributed by atoms with Gasteiger partial charge >= 0.3 is 0 Å². The van der Waals surface area contributed by atoms with Crippen LogP contribution in [-0.4, -0.2) is 20.4 Å². The van der Waals surface area contributed by atoms with Gasteiger partial charge in [-0.15, -0.1) is 22.7 Å². The molecule has 10 rings (SSSR count). The van der Waals surface area contributed by atoms with Crippen molar-refractivity contribution in [2.75, 3.05) is 19.0 Å². The number of hydrogen-bond acceptors (Lipinski definition) is 4. The van der Waals surface area contributed by atoms with Gasteiger partial charge in [0.05, 0.1) is 15.7 Å². The second-order valence-corrected chi connectivity index (χ2v) is 24.9. The van der Waals surface area contributed by atoms with E-state index in [4.69, 9.17) is 0 Å². The predicted molar refractivity (Wildman–Crippen MR) is 333 cm³/mol. The van der Waals surface area contributed by atoms with Gasteiger partial charge < -0.3 is 4.90 Å². The molecule has 398 valence electrons. The summed E-state index contributed by atoms with van der Waals surface area (Å²) < 4.78 is 0. The van der Waals surface area contributed by atoms with Crippen LogP contribution in [0.4, 0.5) is 5.69 Å². The van der Waals surface area contributed by atoms with Gasteiger partial charge in [-0.1, -0.05) is 214 Å². The van der Waals surface area contributed by atoms with E-state index in [1.807, 2.05) is 11.3 Å². The maximum Gasteiger partial charge on any atom is 0.160 e. The Kier molecular flexibility index (Phi) is 17.6. The largest absolute Gasteiger partial charge is 0.378 e. The molecule has 2 aliphatic rings. The van der Waals surface area contributed by atoms with Crippen molar-refractivity contribution in [1.29, 1.82) is 0 Å². The zero-order valence-electron chi connectivity index (χ0n) is 47.2. The van der Waals surface area contributed by atoms with E-state index in [1.54, 1.807) is 11.3 Å². The molecule has 2 heterocycles. The van der Waals surface area contributed by atoms with Crippen LogP contribution < -0.4 is 4.90 Å². The smallest absolute Gasteiger partial charge is 0.160 e. The maximum absolute atomic E-state index is 13.1. The quantitative estimate of drug-likeness (QED) is 0.0378. The third-order valence-electron chi connectivity index (χ3n) is 17.4. The number of unbranched alkanes of at least 4 members (excludes halogenated alkanes) is 12. The molecule has 0 saturated carbocycles. The molecule has 0 atom stereocenters. The number of aryl methyl sites for hydroxylation is 4. The third kappa shape index (κ3) is 10.8. The van der Waals surface area contributed by atoms with Crippen LogP contribution in [-0.2, 0) is 36.5 Å². The van der Waals surface area contributed by atoms with Crippen molar-refractivity contribution in [3.05, 3.63) is 217 Å². The molecule has 0 spiro atoms. The van der Waals surface area contributed by atoms with Gasteiger partial charge in [0.1, 0.15) is 0 Å². The van der Waals surface area contributed by atoms with Gasteiger partial charge in [-0.25, -0.2) is 0 Å². The number of carbonyl (C=O) groups is 1. The molecule has 0 amide bonds. The van der Waals surface area contributed by atoms with Crippen molar-refractivity contribution >= 4 is 34.6 Å². The number of benzene rings is 6. The zero-order chi connectivity index (χ0) is 53.4. The highest BCUT2D eigenvalue weighted by Crippen LogP contribution is 2.65. The fraction of sp³-hybridized carbons (Fsp3) is 0.384. The van der Waals surface area contributed by atoms with Crippen LogP contribution in [0.25, 0.3) is 31.3 Å². The Labute approximate surface area is 471 Å². The lowest BCUT2D eigenvalue weighted by molar-refractivity contribution is 0.112. The molecule has 0 fully saturated rings. The average molecular weight is 1050 g/mol. The molecule has 0 unspecified atom stereocenters. The fourth-order valence-corrected chi connectivity index (χ4v) is 15.4. The molecule has 2 nitrogen and oxygen atoms in total. The van der Waals surface area contributed by atoms with E-state index in [9.17, 15) is 4.79 Å². The first-order valence-electron chi connectivity index (χ1n) is 29.9. The van der Waals surface area contributed by atoms with Gasteiger partial charge in [-0.3, -0.25) is 4.79 Å². The molecule has 2 aliphatic carbocycles. The van der Waals surface area contributed by atoms with Crippen LogP contribution >= 0.6 is 22.7 Å². The summed E-state index contributed by atoms with van der Waals surface area (Å²) in [5.41, 5.74) is 19.8. The fourth-order valence-electron chi connectivity index (χ4n) is 13.1. The molecule has 6 aromatic carbocycles. The highest BCUT2D eigenvalue weighted by Gasteiger charge is 2.53. The molecule has 0 saturated heterocycles. The Morgan fingerprint density at radius 2 is 0.740 bits per heavy atom. The van der Waals surface area contributed by atoms with E-state index < -0.39 is 10.8 Å². The summed E-state index contributed by atoms with van der Waals surface area (Å²) in [6.07, 6.45) is 25.5. The van der Waals surface area contributed by atoms with Crippen molar-refractivity contribution in [3.63, 3.8) is 0 Å². The minimum absolute atomic E-state index is 0.589. The monoisotopic (exact) mass is 1050 g/mol. The Morgan fingerprint density at radius 3 is 1.08 bits per heavy atom. The summed E-state index contributed by atoms with van der Waals surface area (Å²) >= 11 is 3.64. The van der Waals surface area contributed by atoms with E-state index in [1.165, 1.54) is 207 Å². The minimum Gasteiger partial charge on any atom is -0.378 e. The van der Waals surface area contributed by atoms with E-state index in [2.05, 4.69) is 192 Å². The van der Waals surface area contributed by atoms with Crippen molar-refractivity contribution in [3.8, 4) is 31.3 Å². The van der Waals surface area contributed by atoms with Crippen LogP contribution in [0.5, 0.6) is 0 Å². The number of aldehydes is 1. The van der Waals surface area contributed by atoms with E-state index >= 15 is 0 Å². The zero-order valence-corrected chi connectivity index (χ0v) is 48.9. The summed E-state index contributed by atoms with van der Waals surface area (Å²) in [4.78, 5) is 20.0. The average Bonchev–Trinajstić information content (AvgIpc) is 3.25. The number of hydrogen-bond donors (Lipinski definition) is 0. The normalized spacial score (nSPS) is 13.6. The first-order chi connectivity index (χ1) is 37.8. The Morgan fingerprint density at radius 1 is 0.390 bits per heavy atom. The number of fused-ring (bicyclic) bond motifs is 6. The maximum atomic E-state index is 13.1. The second-order valence-electron chi connectivity index (χ2n) is 22.8. The first kappa shape index (κ1) is 54.5. The summed E-state index contributed by atoms with van der Waals surface area (Å²) in [6.45, 7) is 9.18. The van der Waals surface area contributed by atoms with Crippen molar-refractivity contribution in [2.45, 2.75) is 167 Å². The number of thiophene rings is 2. The lowest BCUT2D eigenvalue weighted by Gasteiger charge is -2.35. The van der Waals surface area contributed by atoms with Gasteiger partial charge in [0, 0.05) is 34.4 Å².